The molecule has 0 unspecified atom stereocenters. The Morgan fingerprint density at radius 3 is 2.83 bits per heavy atom. The number of nitrogens with one attached hydrogen (secondary N) is 1. The van der Waals surface area contributed by atoms with Gasteiger partial charge in [-0.2, -0.15) is 0 Å². The van der Waals surface area contributed by atoms with E-state index in [1.807, 2.05) is 30.3 Å². The van der Waals surface area contributed by atoms with Crippen LogP contribution in [-0.2, 0) is 16.0 Å². The van der Waals surface area contributed by atoms with Gasteiger partial charge in [-0.1, -0.05) is 34.1 Å². The molecule has 0 aliphatic carbocycles. The Balaban J connectivity index is 2.04. The van der Waals surface area contributed by atoms with Crippen LogP contribution in [-0.4, -0.2) is 24.1 Å². The summed E-state index contributed by atoms with van der Waals surface area (Å²) >= 11 is 3.47. The number of anilines is 1. The highest BCUT2D eigenvalue weighted by molar-refractivity contribution is 9.10. The van der Waals surface area contributed by atoms with Gasteiger partial charge in [-0.25, -0.2) is 9.69 Å². The van der Waals surface area contributed by atoms with E-state index in [4.69, 9.17) is 4.74 Å². The van der Waals surface area contributed by atoms with Crippen molar-refractivity contribution in [3.05, 3.63) is 52.5 Å². The van der Waals surface area contributed by atoms with E-state index in [0.29, 0.717) is 5.69 Å². The number of aromatic nitrogens is 1. The normalized spacial score (nSPS) is 13.4. The average molecular weight is 385 g/mol. The number of carbonyl (C=O) groups excluding carboxylic acids is 2. The summed E-state index contributed by atoms with van der Waals surface area (Å²) in [5.74, 6) is -0.311. The third kappa shape index (κ3) is 2.14. The van der Waals surface area contributed by atoms with Crippen molar-refractivity contribution in [1.29, 1.82) is 0 Å². The summed E-state index contributed by atoms with van der Waals surface area (Å²) in [5, 5.41) is 0.967. The molecule has 1 aliphatic heterocycles. The van der Waals surface area contributed by atoms with Gasteiger partial charge in [0, 0.05) is 20.9 Å². The van der Waals surface area contributed by atoms with Crippen molar-refractivity contribution >= 4 is 44.5 Å². The van der Waals surface area contributed by atoms with E-state index in [1.54, 1.807) is 12.1 Å². The van der Waals surface area contributed by atoms with Crippen molar-refractivity contribution in [2.45, 2.75) is 6.42 Å². The van der Waals surface area contributed by atoms with Crippen LogP contribution >= 0.6 is 15.9 Å². The number of H-pyrrole nitrogens is 1. The quantitative estimate of drug-likeness (QED) is 0.629. The summed E-state index contributed by atoms with van der Waals surface area (Å²) in [6.45, 7) is 0. The van der Waals surface area contributed by atoms with Crippen LogP contribution in [0.25, 0.3) is 22.2 Å². The van der Waals surface area contributed by atoms with Gasteiger partial charge >= 0.3 is 6.09 Å². The molecule has 0 spiro atoms. The maximum Gasteiger partial charge on any atom is 0.420 e. The Labute approximate surface area is 146 Å². The molecule has 5 nitrogen and oxygen atoms in total. The van der Waals surface area contributed by atoms with Gasteiger partial charge in [0.2, 0.25) is 5.91 Å². The van der Waals surface area contributed by atoms with E-state index < -0.39 is 6.09 Å². The number of nitrogens with zero attached hydrogens (tertiary/aromatic N) is 1. The second-order valence-electron chi connectivity index (χ2n) is 5.56. The third-order valence-electron chi connectivity index (χ3n) is 4.22. The summed E-state index contributed by atoms with van der Waals surface area (Å²) in [7, 11) is 1.27. The number of fused-ring (bicyclic) bond motifs is 5. The first-order valence-electron chi connectivity index (χ1n) is 7.40. The predicted molar refractivity (Wildman–Crippen MR) is 95.0 cm³/mol. The highest BCUT2D eigenvalue weighted by atomic mass is 79.9. The van der Waals surface area contributed by atoms with Gasteiger partial charge < -0.3 is 9.72 Å². The van der Waals surface area contributed by atoms with Crippen molar-refractivity contribution in [2.24, 2.45) is 0 Å². The fourth-order valence-electron chi connectivity index (χ4n) is 3.17. The number of halogens is 1. The van der Waals surface area contributed by atoms with E-state index in [0.717, 1.165) is 37.1 Å². The minimum Gasteiger partial charge on any atom is -0.452 e. The summed E-state index contributed by atoms with van der Waals surface area (Å²) in [5.41, 5.74) is 4.03. The molecule has 0 fully saturated rings. The van der Waals surface area contributed by atoms with Crippen molar-refractivity contribution in [2.75, 3.05) is 12.0 Å². The Bertz CT molecular complexity index is 993. The second-order valence-corrected chi connectivity index (χ2v) is 6.48. The van der Waals surface area contributed by atoms with E-state index >= 15 is 0 Å². The van der Waals surface area contributed by atoms with Gasteiger partial charge in [0.1, 0.15) is 0 Å². The van der Waals surface area contributed by atoms with Gasteiger partial charge in [-0.15, -0.1) is 0 Å². The lowest BCUT2D eigenvalue weighted by atomic mass is 10.0. The molecule has 0 saturated carbocycles. The number of carbonyl (C=O) groups is 2. The SMILES string of the molecule is COC(=O)N1C(=O)Cc2c([nH]c3ccc(Br)cc23)-c2ccccc21. The van der Waals surface area contributed by atoms with E-state index in [2.05, 4.69) is 20.9 Å². The monoisotopic (exact) mass is 384 g/mol. The topological polar surface area (TPSA) is 62.4 Å². The fraction of sp³-hybridized carbons (Fsp3) is 0.111. The molecule has 2 aromatic carbocycles. The number of imide groups is 1. The molecular weight excluding hydrogens is 372 g/mol. The van der Waals surface area contributed by atoms with Gasteiger partial charge in [-0.05, 0) is 29.8 Å². The lowest BCUT2D eigenvalue weighted by Crippen LogP contribution is -2.37. The lowest BCUT2D eigenvalue weighted by Gasteiger charge is -2.19. The van der Waals surface area contributed by atoms with Crippen LogP contribution in [0, 0.1) is 0 Å². The van der Waals surface area contributed by atoms with E-state index in [9.17, 15) is 9.59 Å². The second kappa shape index (κ2) is 5.49. The fourth-order valence-corrected chi connectivity index (χ4v) is 3.53. The van der Waals surface area contributed by atoms with Gasteiger partial charge in [0.15, 0.2) is 0 Å². The molecule has 3 aromatic rings. The number of benzene rings is 2. The number of hydrogen-bond donors (Lipinski definition) is 1. The zero-order valence-corrected chi connectivity index (χ0v) is 14.4. The summed E-state index contributed by atoms with van der Waals surface area (Å²) < 4.78 is 5.74. The Morgan fingerprint density at radius 2 is 2.04 bits per heavy atom. The number of aromatic amines is 1. The van der Waals surface area contributed by atoms with Crippen LogP contribution < -0.4 is 4.90 Å². The number of methoxy groups -OCH3 is 1. The van der Waals surface area contributed by atoms with Gasteiger partial charge in [0.05, 0.1) is 24.9 Å². The first kappa shape index (κ1) is 15.0. The molecule has 2 heterocycles. The number of hydrogen-bond acceptors (Lipinski definition) is 3. The maximum atomic E-state index is 12.8. The number of para-hydroxylation sites is 1. The van der Waals surface area contributed by atoms with Gasteiger partial charge in [-0.3, -0.25) is 4.79 Å². The first-order valence-corrected chi connectivity index (χ1v) is 8.20. The zero-order chi connectivity index (χ0) is 16.8. The summed E-state index contributed by atoms with van der Waals surface area (Å²) in [6.07, 6.45) is -0.557. The van der Waals surface area contributed by atoms with Crippen LogP contribution in [0.5, 0.6) is 0 Å². The Kier molecular flexibility index (Phi) is 3.42. The van der Waals surface area contributed by atoms with Crippen molar-refractivity contribution in [3.8, 4) is 11.3 Å². The molecule has 0 radical (unpaired) electrons. The van der Waals surface area contributed by atoms with E-state index in [-0.39, 0.29) is 12.3 Å². The van der Waals surface area contributed by atoms with Crippen molar-refractivity contribution < 1.29 is 14.3 Å². The molecule has 0 atom stereocenters. The molecule has 0 bridgehead atoms. The molecule has 6 heteroatoms. The predicted octanol–water partition coefficient (Wildman–Crippen LogP) is 4.25. The highest BCUT2D eigenvalue weighted by Crippen LogP contribution is 2.40. The Hall–Kier alpha value is -2.60. The maximum absolute atomic E-state index is 12.8. The lowest BCUT2D eigenvalue weighted by molar-refractivity contribution is -0.117. The molecule has 0 saturated heterocycles. The smallest absolute Gasteiger partial charge is 0.420 e. The average Bonchev–Trinajstić information content (AvgIpc) is 2.87. The van der Waals surface area contributed by atoms with Crippen LogP contribution in [0.15, 0.2) is 46.9 Å². The first-order chi connectivity index (χ1) is 11.6. The molecule has 1 aromatic heterocycles. The largest absolute Gasteiger partial charge is 0.452 e. The molecule has 4 rings (SSSR count). The Morgan fingerprint density at radius 1 is 1.25 bits per heavy atom. The highest BCUT2D eigenvalue weighted by Gasteiger charge is 2.32. The molecule has 1 N–H and O–H groups in total. The standard InChI is InChI=1S/C18H13BrN2O3/c1-24-18(23)21-15-5-3-2-4-11(15)17-13(9-16(21)22)12-8-10(19)6-7-14(12)20-17/h2-8,20H,9H2,1H3. The molecule has 2 amide bonds. The van der Waals surface area contributed by atoms with Gasteiger partial charge in [0.25, 0.3) is 0 Å². The molecule has 24 heavy (non-hydrogen) atoms. The molecule has 1 aliphatic rings. The van der Waals surface area contributed by atoms with E-state index in [1.165, 1.54) is 7.11 Å². The minimum absolute atomic E-state index is 0.121. The third-order valence-corrected chi connectivity index (χ3v) is 4.71. The minimum atomic E-state index is -0.678. The number of rotatable bonds is 0. The number of ether oxygens (including phenoxy) is 1. The molecular formula is C18H13BrN2O3. The van der Waals surface area contributed by atoms with Crippen molar-refractivity contribution in [3.63, 3.8) is 0 Å². The summed E-state index contributed by atoms with van der Waals surface area (Å²) in [6, 6.07) is 13.2. The number of amides is 2. The van der Waals surface area contributed by atoms with Crippen molar-refractivity contribution in [1.82, 2.24) is 4.98 Å². The summed E-state index contributed by atoms with van der Waals surface area (Å²) in [4.78, 5) is 29.4. The van der Waals surface area contributed by atoms with Crippen LogP contribution in [0.4, 0.5) is 10.5 Å². The van der Waals surface area contributed by atoms with Crippen LogP contribution in [0.2, 0.25) is 0 Å². The zero-order valence-electron chi connectivity index (χ0n) is 12.8. The van der Waals surface area contributed by atoms with Crippen LogP contribution in [0.3, 0.4) is 0 Å². The molecule has 120 valence electrons. The van der Waals surface area contributed by atoms with Crippen LogP contribution in [0.1, 0.15) is 5.56 Å².